The second-order valence-corrected chi connectivity index (χ2v) is 3.74. The average Bonchev–Trinajstić information content (AvgIpc) is 2.30. The Morgan fingerprint density at radius 1 is 1.00 bits per heavy atom. The van der Waals surface area contributed by atoms with E-state index in [0.29, 0.717) is 4.64 Å². The van der Waals surface area contributed by atoms with Gasteiger partial charge in [0.2, 0.25) is 0 Å². The molecule has 0 aliphatic carbocycles. The number of aliphatic hydroxyl groups is 1. The highest BCUT2D eigenvalue weighted by Crippen LogP contribution is 2.20. The Kier molecular flexibility index (Phi) is 2.94. The molecule has 0 saturated heterocycles. The number of pyridine rings is 1. The molecule has 15 heavy (non-hydrogen) atoms. The van der Waals surface area contributed by atoms with Gasteiger partial charge in [-0.25, -0.2) is 0 Å². The van der Waals surface area contributed by atoms with E-state index in [1.54, 1.807) is 12.3 Å². The van der Waals surface area contributed by atoms with Gasteiger partial charge in [0, 0.05) is 11.8 Å². The molecule has 0 bridgehead atoms. The number of hydrogen-bond donors (Lipinski definition) is 2. The van der Waals surface area contributed by atoms with Crippen LogP contribution in [0.3, 0.4) is 0 Å². The number of nitrogens with one attached hydrogen (secondary N) is 1. The summed E-state index contributed by atoms with van der Waals surface area (Å²) >= 11 is 4.94. The Balaban J connectivity index is 2.32. The quantitative estimate of drug-likeness (QED) is 0.759. The Labute approximate surface area is 93.2 Å². The van der Waals surface area contributed by atoms with Crippen LogP contribution in [0.4, 0.5) is 0 Å². The number of H-pyrrole nitrogens is 1. The fourth-order valence-electron chi connectivity index (χ4n) is 1.42. The van der Waals surface area contributed by atoms with E-state index in [2.05, 4.69) is 4.98 Å². The maximum absolute atomic E-state index is 10.0. The third kappa shape index (κ3) is 2.32. The number of benzene rings is 1. The van der Waals surface area contributed by atoms with Crippen LogP contribution in [0.1, 0.15) is 17.2 Å². The minimum Gasteiger partial charge on any atom is -0.384 e. The van der Waals surface area contributed by atoms with Crippen molar-refractivity contribution in [1.29, 1.82) is 0 Å². The van der Waals surface area contributed by atoms with E-state index < -0.39 is 6.10 Å². The summed E-state index contributed by atoms with van der Waals surface area (Å²) in [6.45, 7) is 0. The first-order chi connectivity index (χ1) is 7.27. The van der Waals surface area contributed by atoms with Crippen LogP contribution in [0.25, 0.3) is 0 Å². The predicted molar refractivity (Wildman–Crippen MR) is 62.1 cm³/mol. The van der Waals surface area contributed by atoms with Crippen molar-refractivity contribution < 1.29 is 5.11 Å². The molecule has 3 heteroatoms. The predicted octanol–water partition coefficient (Wildman–Crippen LogP) is 2.83. The molecular weight excluding hydrogens is 206 g/mol. The van der Waals surface area contributed by atoms with Gasteiger partial charge in [-0.3, -0.25) is 0 Å². The molecule has 0 aliphatic rings. The molecule has 0 aliphatic heterocycles. The number of rotatable bonds is 2. The highest BCUT2D eigenvalue weighted by atomic mass is 32.1. The maximum atomic E-state index is 10.0. The minimum atomic E-state index is -0.599. The van der Waals surface area contributed by atoms with Gasteiger partial charge in [0.25, 0.3) is 0 Å². The van der Waals surface area contributed by atoms with Crippen molar-refractivity contribution in [3.8, 4) is 0 Å². The number of hydrogen-bond acceptors (Lipinski definition) is 2. The monoisotopic (exact) mass is 217 g/mol. The molecule has 1 atom stereocenters. The van der Waals surface area contributed by atoms with Crippen molar-refractivity contribution >= 4 is 12.2 Å². The van der Waals surface area contributed by atoms with Crippen LogP contribution in [-0.4, -0.2) is 10.1 Å². The first kappa shape index (κ1) is 10.1. The van der Waals surface area contributed by atoms with Crippen molar-refractivity contribution in [3.05, 3.63) is 64.4 Å². The van der Waals surface area contributed by atoms with Gasteiger partial charge in [-0.1, -0.05) is 48.6 Å². The lowest BCUT2D eigenvalue weighted by Gasteiger charge is -2.10. The lowest BCUT2D eigenvalue weighted by atomic mass is 10.0. The second-order valence-electron chi connectivity index (χ2n) is 3.30. The number of aliphatic hydroxyl groups excluding tert-OH is 1. The smallest absolute Gasteiger partial charge is 0.105 e. The molecule has 0 radical (unpaired) electrons. The number of aromatic nitrogens is 1. The Morgan fingerprint density at radius 3 is 2.33 bits per heavy atom. The molecule has 2 N–H and O–H groups in total. The van der Waals surface area contributed by atoms with Gasteiger partial charge in [0.15, 0.2) is 0 Å². The summed E-state index contributed by atoms with van der Waals surface area (Å²) in [6.07, 6.45) is 1.14. The molecule has 2 nitrogen and oxygen atoms in total. The first-order valence-electron chi connectivity index (χ1n) is 4.69. The summed E-state index contributed by atoms with van der Waals surface area (Å²) in [6, 6.07) is 13.1. The molecule has 2 rings (SSSR count). The van der Waals surface area contributed by atoms with Gasteiger partial charge < -0.3 is 10.1 Å². The standard InChI is InChI=1S/C12H11NOS/c14-12(9-4-2-1-3-5-9)10-6-7-11(15)13-8-10/h1-8,12,14H,(H,13,15)/t12-/m1/s1. The zero-order chi connectivity index (χ0) is 10.7. The second kappa shape index (κ2) is 4.38. The topological polar surface area (TPSA) is 36.0 Å². The van der Waals surface area contributed by atoms with Crippen LogP contribution in [0.2, 0.25) is 0 Å². The van der Waals surface area contributed by atoms with E-state index in [1.807, 2.05) is 36.4 Å². The molecule has 0 spiro atoms. The SMILES string of the molecule is O[C@H](c1ccccc1)c1ccc(=S)[nH]c1. The molecule has 0 saturated carbocycles. The van der Waals surface area contributed by atoms with Gasteiger partial charge >= 0.3 is 0 Å². The molecule has 0 fully saturated rings. The van der Waals surface area contributed by atoms with Gasteiger partial charge in [-0.05, 0) is 11.6 Å². The van der Waals surface area contributed by atoms with Crippen LogP contribution in [0.5, 0.6) is 0 Å². The van der Waals surface area contributed by atoms with Crippen molar-refractivity contribution in [2.24, 2.45) is 0 Å². The van der Waals surface area contributed by atoms with Gasteiger partial charge in [-0.15, -0.1) is 0 Å². The molecular formula is C12H11NOS. The highest BCUT2D eigenvalue weighted by Gasteiger charge is 2.08. The Bertz CT molecular complexity index is 472. The van der Waals surface area contributed by atoms with Crippen LogP contribution < -0.4 is 0 Å². The van der Waals surface area contributed by atoms with Crippen LogP contribution in [0, 0.1) is 4.64 Å². The minimum absolute atomic E-state index is 0.599. The molecule has 76 valence electrons. The van der Waals surface area contributed by atoms with Crippen molar-refractivity contribution in [1.82, 2.24) is 4.98 Å². The largest absolute Gasteiger partial charge is 0.384 e. The third-order valence-corrected chi connectivity index (χ3v) is 2.49. The summed E-state index contributed by atoms with van der Waals surface area (Å²) in [5.74, 6) is 0. The van der Waals surface area contributed by atoms with E-state index >= 15 is 0 Å². The summed E-state index contributed by atoms with van der Waals surface area (Å²) in [5.41, 5.74) is 1.69. The van der Waals surface area contributed by atoms with Crippen molar-refractivity contribution in [2.45, 2.75) is 6.10 Å². The average molecular weight is 217 g/mol. The van der Waals surface area contributed by atoms with E-state index in [1.165, 1.54) is 0 Å². The van der Waals surface area contributed by atoms with E-state index in [-0.39, 0.29) is 0 Å². The summed E-state index contributed by atoms with van der Waals surface area (Å²) in [5, 5.41) is 10.0. The van der Waals surface area contributed by atoms with E-state index in [4.69, 9.17) is 12.2 Å². The van der Waals surface area contributed by atoms with Gasteiger partial charge in [0.05, 0.1) is 0 Å². The fraction of sp³-hybridized carbons (Fsp3) is 0.0833. The van der Waals surface area contributed by atoms with Crippen LogP contribution >= 0.6 is 12.2 Å². The first-order valence-corrected chi connectivity index (χ1v) is 5.10. The van der Waals surface area contributed by atoms with E-state index in [0.717, 1.165) is 11.1 Å². The molecule has 1 heterocycles. The molecule has 2 aromatic rings. The number of aromatic amines is 1. The normalized spacial score (nSPS) is 12.3. The highest BCUT2D eigenvalue weighted by molar-refractivity contribution is 7.71. The van der Waals surface area contributed by atoms with Crippen molar-refractivity contribution in [2.75, 3.05) is 0 Å². The molecule has 0 amide bonds. The molecule has 1 aromatic heterocycles. The zero-order valence-electron chi connectivity index (χ0n) is 8.05. The lowest BCUT2D eigenvalue weighted by Crippen LogP contribution is -1.99. The van der Waals surface area contributed by atoms with Gasteiger partial charge in [0.1, 0.15) is 10.7 Å². The molecule has 1 aromatic carbocycles. The van der Waals surface area contributed by atoms with E-state index in [9.17, 15) is 5.11 Å². The van der Waals surface area contributed by atoms with Gasteiger partial charge in [-0.2, -0.15) is 0 Å². The summed E-state index contributed by atoms with van der Waals surface area (Å²) in [4.78, 5) is 2.91. The Hall–Kier alpha value is -1.45. The van der Waals surface area contributed by atoms with Crippen molar-refractivity contribution in [3.63, 3.8) is 0 Å². The lowest BCUT2D eigenvalue weighted by molar-refractivity contribution is 0.220. The van der Waals surface area contributed by atoms with Crippen LogP contribution in [-0.2, 0) is 0 Å². The summed E-state index contributed by atoms with van der Waals surface area (Å²) in [7, 11) is 0. The maximum Gasteiger partial charge on any atom is 0.105 e. The fourth-order valence-corrected chi connectivity index (χ4v) is 1.55. The summed E-state index contributed by atoms with van der Waals surface area (Å²) < 4.78 is 0.666. The molecule has 0 unspecified atom stereocenters. The third-order valence-electron chi connectivity index (χ3n) is 2.24. The Morgan fingerprint density at radius 2 is 1.73 bits per heavy atom. The van der Waals surface area contributed by atoms with Crippen LogP contribution in [0.15, 0.2) is 48.7 Å². The zero-order valence-corrected chi connectivity index (χ0v) is 8.87.